The molecule has 2 aromatic rings. The molecule has 0 saturated carbocycles. The second-order valence-electron chi connectivity index (χ2n) is 4.71. The Hall–Kier alpha value is -2.49. The Kier molecular flexibility index (Phi) is 5.21. The zero-order valence-electron chi connectivity index (χ0n) is 12.3. The molecule has 0 radical (unpaired) electrons. The molecule has 0 spiro atoms. The molecule has 0 heterocycles. The van der Waals surface area contributed by atoms with Crippen LogP contribution in [0, 0.1) is 0 Å². The summed E-state index contributed by atoms with van der Waals surface area (Å²) < 4.78 is 5.10. The van der Waals surface area contributed by atoms with E-state index in [9.17, 15) is 4.79 Å². The fourth-order valence-electron chi connectivity index (χ4n) is 1.97. The van der Waals surface area contributed by atoms with Crippen molar-refractivity contribution in [2.45, 2.75) is 19.9 Å². The third-order valence-corrected chi connectivity index (χ3v) is 3.21. The van der Waals surface area contributed by atoms with E-state index >= 15 is 0 Å². The summed E-state index contributed by atoms with van der Waals surface area (Å²) >= 11 is 0. The standard InChI is InChI=1S/C17H20N2O2/c1-3-13-5-4-6-15(11-13)19-17(20)18-12-14-7-9-16(21-2)10-8-14/h4-11H,3,12H2,1-2H3,(H2,18,19,20). The molecule has 2 amide bonds. The SMILES string of the molecule is CCc1cccc(NC(=O)NCc2ccc(OC)cc2)c1. The number of ether oxygens (including phenoxy) is 1. The van der Waals surface area contributed by atoms with E-state index < -0.39 is 0 Å². The topological polar surface area (TPSA) is 50.4 Å². The average Bonchev–Trinajstić information content (AvgIpc) is 2.53. The van der Waals surface area contributed by atoms with Gasteiger partial charge in [-0.25, -0.2) is 4.79 Å². The summed E-state index contributed by atoms with van der Waals surface area (Å²) in [4.78, 5) is 11.9. The van der Waals surface area contributed by atoms with Gasteiger partial charge in [0.25, 0.3) is 0 Å². The number of benzene rings is 2. The minimum atomic E-state index is -0.209. The molecule has 0 aliphatic heterocycles. The second-order valence-corrected chi connectivity index (χ2v) is 4.71. The van der Waals surface area contributed by atoms with Crippen molar-refractivity contribution < 1.29 is 9.53 Å². The van der Waals surface area contributed by atoms with Crippen molar-refractivity contribution in [2.24, 2.45) is 0 Å². The lowest BCUT2D eigenvalue weighted by Crippen LogP contribution is -2.28. The molecule has 2 aromatic carbocycles. The molecule has 0 aromatic heterocycles. The van der Waals surface area contributed by atoms with Gasteiger partial charge in [-0.3, -0.25) is 0 Å². The number of urea groups is 1. The van der Waals surface area contributed by atoms with Crippen molar-refractivity contribution in [1.29, 1.82) is 0 Å². The maximum Gasteiger partial charge on any atom is 0.319 e. The summed E-state index contributed by atoms with van der Waals surface area (Å²) in [6, 6.07) is 15.2. The number of nitrogens with one attached hydrogen (secondary N) is 2. The summed E-state index contributed by atoms with van der Waals surface area (Å²) in [5, 5.41) is 5.67. The highest BCUT2D eigenvalue weighted by molar-refractivity contribution is 5.89. The number of carbonyl (C=O) groups excluding carboxylic acids is 1. The van der Waals surface area contributed by atoms with E-state index in [1.807, 2.05) is 48.5 Å². The Labute approximate surface area is 125 Å². The van der Waals surface area contributed by atoms with Crippen LogP contribution in [0.5, 0.6) is 5.75 Å². The maximum atomic E-state index is 11.9. The molecule has 4 heteroatoms. The van der Waals surface area contributed by atoms with E-state index in [4.69, 9.17) is 4.74 Å². The van der Waals surface area contributed by atoms with Crippen LogP contribution in [0.15, 0.2) is 48.5 Å². The van der Waals surface area contributed by atoms with Crippen LogP contribution in [-0.4, -0.2) is 13.1 Å². The molecule has 0 unspecified atom stereocenters. The van der Waals surface area contributed by atoms with Crippen LogP contribution in [0.2, 0.25) is 0 Å². The van der Waals surface area contributed by atoms with Crippen LogP contribution in [0.4, 0.5) is 10.5 Å². The van der Waals surface area contributed by atoms with Crippen LogP contribution < -0.4 is 15.4 Å². The van der Waals surface area contributed by atoms with Crippen molar-refractivity contribution in [3.8, 4) is 5.75 Å². The van der Waals surface area contributed by atoms with Gasteiger partial charge in [0, 0.05) is 12.2 Å². The minimum absolute atomic E-state index is 0.209. The van der Waals surface area contributed by atoms with Crippen molar-refractivity contribution in [1.82, 2.24) is 5.32 Å². The third-order valence-electron chi connectivity index (χ3n) is 3.21. The van der Waals surface area contributed by atoms with Crippen LogP contribution in [0.25, 0.3) is 0 Å². The molecular formula is C17H20N2O2. The number of carbonyl (C=O) groups is 1. The van der Waals surface area contributed by atoms with Gasteiger partial charge in [-0.15, -0.1) is 0 Å². The summed E-state index contributed by atoms with van der Waals surface area (Å²) in [5.41, 5.74) is 3.03. The molecule has 0 fully saturated rings. The molecule has 0 atom stereocenters. The molecule has 110 valence electrons. The van der Waals surface area contributed by atoms with E-state index in [0.29, 0.717) is 6.54 Å². The van der Waals surface area contributed by atoms with Crippen LogP contribution in [-0.2, 0) is 13.0 Å². The summed E-state index contributed by atoms with van der Waals surface area (Å²) in [6.45, 7) is 2.56. The van der Waals surface area contributed by atoms with Crippen LogP contribution in [0.3, 0.4) is 0 Å². The Morgan fingerprint density at radius 2 is 1.86 bits per heavy atom. The zero-order chi connectivity index (χ0) is 15.1. The predicted octanol–water partition coefficient (Wildman–Crippen LogP) is 3.58. The maximum absolute atomic E-state index is 11.9. The quantitative estimate of drug-likeness (QED) is 0.881. The van der Waals surface area contributed by atoms with Gasteiger partial charge in [-0.1, -0.05) is 31.2 Å². The zero-order valence-corrected chi connectivity index (χ0v) is 12.3. The van der Waals surface area contributed by atoms with Crippen LogP contribution in [0.1, 0.15) is 18.1 Å². The highest BCUT2D eigenvalue weighted by Crippen LogP contribution is 2.12. The van der Waals surface area contributed by atoms with Gasteiger partial charge in [0.2, 0.25) is 0 Å². The van der Waals surface area contributed by atoms with Gasteiger partial charge in [0.15, 0.2) is 0 Å². The highest BCUT2D eigenvalue weighted by atomic mass is 16.5. The largest absolute Gasteiger partial charge is 0.497 e. The average molecular weight is 284 g/mol. The number of amides is 2. The van der Waals surface area contributed by atoms with Gasteiger partial charge in [0.05, 0.1) is 7.11 Å². The number of hydrogen-bond donors (Lipinski definition) is 2. The third kappa shape index (κ3) is 4.53. The number of anilines is 1. The molecule has 4 nitrogen and oxygen atoms in total. The lowest BCUT2D eigenvalue weighted by Gasteiger charge is -2.09. The number of aryl methyl sites for hydroxylation is 1. The molecule has 2 rings (SSSR count). The summed E-state index contributed by atoms with van der Waals surface area (Å²) in [7, 11) is 1.63. The fourth-order valence-corrected chi connectivity index (χ4v) is 1.97. The Morgan fingerprint density at radius 1 is 1.10 bits per heavy atom. The van der Waals surface area contributed by atoms with Crippen LogP contribution >= 0.6 is 0 Å². The molecule has 21 heavy (non-hydrogen) atoms. The van der Waals surface area contributed by atoms with Gasteiger partial charge < -0.3 is 15.4 Å². The first-order valence-corrected chi connectivity index (χ1v) is 6.98. The lowest BCUT2D eigenvalue weighted by molar-refractivity contribution is 0.251. The van der Waals surface area contributed by atoms with Gasteiger partial charge >= 0.3 is 6.03 Å². The number of methoxy groups -OCH3 is 1. The van der Waals surface area contributed by atoms with E-state index in [2.05, 4.69) is 17.6 Å². The minimum Gasteiger partial charge on any atom is -0.497 e. The highest BCUT2D eigenvalue weighted by Gasteiger charge is 2.02. The van der Waals surface area contributed by atoms with E-state index in [1.165, 1.54) is 5.56 Å². The Balaban J connectivity index is 1.86. The monoisotopic (exact) mass is 284 g/mol. The Morgan fingerprint density at radius 3 is 2.52 bits per heavy atom. The van der Waals surface area contributed by atoms with Gasteiger partial charge in [-0.05, 0) is 41.8 Å². The Bertz CT molecular complexity index is 594. The fraction of sp³-hybridized carbons (Fsp3) is 0.235. The molecule has 0 bridgehead atoms. The van der Waals surface area contributed by atoms with E-state index in [0.717, 1.165) is 23.4 Å². The molecule has 2 N–H and O–H groups in total. The first-order chi connectivity index (χ1) is 10.2. The number of hydrogen-bond acceptors (Lipinski definition) is 2. The second kappa shape index (κ2) is 7.33. The van der Waals surface area contributed by atoms with Gasteiger partial charge in [-0.2, -0.15) is 0 Å². The lowest BCUT2D eigenvalue weighted by atomic mass is 10.1. The van der Waals surface area contributed by atoms with Crippen molar-refractivity contribution in [3.63, 3.8) is 0 Å². The summed E-state index contributed by atoms with van der Waals surface area (Å²) in [5.74, 6) is 0.805. The first-order valence-electron chi connectivity index (χ1n) is 6.98. The molecule has 0 aliphatic rings. The van der Waals surface area contributed by atoms with Crippen molar-refractivity contribution in [3.05, 3.63) is 59.7 Å². The number of rotatable bonds is 5. The smallest absolute Gasteiger partial charge is 0.319 e. The first kappa shape index (κ1) is 14.9. The van der Waals surface area contributed by atoms with E-state index in [-0.39, 0.29) is 6.03 Å². The molecular weight excluding hydrogens is 264 g/mol. The van der Waals surface area contributed by atoms with Crippen molar-refractivity contribution in [2.75, 3.05) is 12.4 Å². The summed E-state index contributed by atoms with van der Waals surface area (Å²) in [6.07, 6.45) is 0.947. The predicted molar refractivity (Wildman–Crippen MR) is 84.7 cm³/mol. The molecule has 0 aliphatic carbocycles. The van der Waals surface area contributed by atoms with Crippen molar-refractivity contribution >= 4 is 11.7 Å². The van der Waals surface area contributed by atoms with Gasteiger partial charge in [0.1, 0.15) is 5.75 Å². The normalized spacial score (nSPS) is 10.0. The van der Waals surface area contributed by atoms with E-state index in [1.54, 1.807) is 7.11 Å². The molecule has 0 saturated heterocycles.